The van der Waals surface area contributed by atoms with Crippen molar-refractivity contribution in [1.82, 2.24) is 9.80 Å². The molecule has 0 spiro atoms. The molecule has 5 heteroatoms. The van der Waals surface area contributed by atoms with Crippen LogP contribution in [0.3, 0.4) is 0 Å². The van der Waals surface area contributed by atoms with Crippen LogP contribution in [0.2, 0.25) is 0 Å². The quantitative estimate of drug-likeness (QED) is 0.665. The number of hydrogen-bond donors (Lipinski definition) is 0. The number of nitrogens with zero attached hydrogens (tertiary/aromatic N) is 2. The van der Waals surface area contributed by atoms with Crippen LogP contribution in [0, 0.1) is 11.3 Å². The largest absolute Gasteiger partial charge is 0.412 e. The van der Waals surface area contributed by atoms with Gasteiger partial charge in [-0.2, -0.15) is 0 Å². The molecule has 0 aromatic rings. The highest BCUT2D eigenvalue weighted by Gasteiger charge is 2.50. The molecule has 1 fully saturated rings. The Kier molecular flexibility index (Phi) is 8.78. The molecule has 0 aromatic carbocycles. The first kappa shape index (κ1) is 23.9. The Labute approximate surface area is 171 Å². The van der Waals surface area contributed by atoms with E-state index in [2.05, 4.69) is 44.7 Å². The normalized spacial score (nSPS) is 24.9. The van der Waals surface area contributed by atoms with Gasteiger partial charge >= 0.3 is 0 Å². The fourth-order valence-corrected chi connectivity index (χ4v) is 5.03. The van der Waals surface area contributed by atoms with Crippen molar-refractivity contribution < 1.29 is 10.3 Å². The van der Waals surface area contributed by atoms with E-state index in [4.69, 9.17) is 0 Å². The van der Waals surface area contributed by atoms with Gasteiger partial charge in [-0.15, -0.1) is 12.4 Å². The van der Waals surface area contributed by atoms with Crippen LogP contribution in [0.4, 0.5) is 0 Å². The molecule has 1 saturated carbocycles. The minimum Gasteiger partial charge on any atom is -0.412 e. The smallest absolute Gasteiger partial charge is 0.241 e. The lowest BCUT2D eigenvalue weighted by molar-refractivity contribution is -0.137. The van der Waals surface area contributed by atoms with E-state index in [1.165, 1.54) is 32.1 Å². The van der Waals surface area contributed by atoms with Crippen LogP contribution in [0.1, 0.15) is 66.2 Å². The molecule has 1 unspecified atom stereocenters. The maximum atomic E-state index is 13.5. The number of carbonyl (C=O) groups excluding carboxylic acids is 1. The van der Waals surface area contributed by atoms with Crippen molar-refractivity contribution in [3.63, 3.8) is 0 Å². The van der Waals surface area contributed by atoms with Crippen molar-refractivity contribution in [1.29, 1.82) is 0 Å². The summed E-state index contributed by atoms with van der Waals surface area (Å²) in [5, 5.41) is 0. The summed E-state index contributed by atoms with van der Waals surface area (Å²) in [4.78, 5) is 17.9. The number of fused-ring (bicyclic) bond motifs is 1. The molecule has 4 nitrogen and oxygen atoms in total. The molecule has 1 atom stereocenters. The lowest BCUT2D eigenvalue weighted by Gasteiger charge is -2.40. The molecule has 27 heavy (non-hydrogen) atoms. The Morgan fingerprint density at radius 3 is 2.30 bits per heavy atom. The lowest BCUT2D eigenvalue weighted by atomic mass is 9.66. The Morgan fingerprint density at radius 2 is 1.74 bits per heavy atom. The second kappa shape index (κ2) is 9.90. The van der Waals surface area contributed by atoms with Crippen LogP contribution in [-0.2, 0) is 4.79 Å². The third kappa shape index (κ3) is 4.67. The average molecular weight is 397 g/mol. The predicted molar refractivity (Wildman–Crippen MR) is 115 cm³/mol. The predicted octanol–water partition coefficient (Wildman–Crippen LogP) is 4.47. The standard InChI is InChI=1S/C22H34N2O.ClH.H2O/c1-17(2)23(18(3)4)15-13-22(19-10-6-5-7-11-19)16-20-12-8-9-14-24(20)21(22)25;;/h8-9,12,14,16-19H,5-7,10-11,13,15H2,1-4H3;1H;1H2. The first-order chi connectivity index (χ1) is 12.0. The molecule has 2 heterocycles. The van der Waals surface area contributed by atoms with Crippen molar-refractivity contribution >= 4 is 18.3 Å². The summed E-state index contributed by atoms with van der Waals surface area (Å²) in [6.07, 6.45) is 17.6. The van der Waals surface area contributed by atoms with Crippen LogP contribution >= 0.6 is 12.4 Å². The van der Waals surface area contributed by atoms with Gasteiger partial charge in [-0.3, -0.25) is 14.6 Å². The number of hydrogen-bond acceptors (Lipinski definition) is 2. The van der Waals surface area contributed by atoms with Crippen molar-refractivity contribution in [2.45, 2.75) is 78.3 Å². The molecular formula is C22H37ClN2O2. The van der Waals surface area contributed by atoms with Crippen LogP contribution < -0.4 is 0 Å². The Morgan fingerprint density at radius 1 is 1.11 bits per heavy atom. The molecule has 0 aromatic heterocycles. The van der Waals surface area contributed by atoms with Crippen LogP contribution in [0.5, 0.6) is 0 Å². The fraction of sp³-hybridized carbons (Fsp3) is 0.682. The molecule has 3 aliphatic rings. The van der Waals surface area contributed by atoms with Crippen LogP contribution in [0.25, 0.3) is 0 Å². The third-order valence-corrected chi connectivity index (χ3v) is 6.36. The number of amides is 1. The third-order valence-electron chi connectivity index (χ3n) is 6.36. The zero-order valence-electron chi connectivity index (χ0n) is 17.3. The van der Waals surface area contributed by atoms with E-state index in [1.54, 1.807) is 0 Å². The van der Waals surface area contributed by atoms with Gasteiger partial charge in [0.05, 0.1) is 5.41 Å². The monoisotopic (exact) mass is 396 g/mol. The highest BCUT2D eigenvalue weighted by Crippen LogP contribution is 2.49. The molecule has 0 saturated heterocycles. The molecular weight excluding hydrogens is 360 g/mol. The summed E-state index contributed by atoms with van der Waals surface area (Å²) in [7, 11) is 0. The van der Waals surface area contributed by atoms with Gasteiger partial charge in [0.15, 0.2) is 0 Å². The molecule has 2 N–H and O–H groups in total. The van der Waals surface area contributed by atoms with Crippen molar-refractivity contribution in [2.75, 3.05) is 6.54 Å². The van der Waals surface area contributed by atoms with Gasteiger partial charge in [0.1, 0.15) is 0 Å². The van der Waals surface area contributed by atoms with Gasteiger partial charge in [-0.1, -0.05) is 25.3 Å². The van der Waals surface area contributed by atoms with E-state index in [1.807, 2.05) is 23.3 Å². The number of carbonyl (C=O) groups is 1. The second-order valence-corrected chi connectivity index (χ2v) is 8.50. The van der Waals surface area contributed by atoms with E-state index in [0.29, 0.717) is 23.9 Å². The summed E-state index contributed by atoms with van der Waals surface area (Å²) >= 11 is 0. The van der Waals surface area contributed by atoms with Gasteiger partial charge in [0, 0.05) is 30.5 Å². The summed E-state index contributed by atoms with van der Waals surface area (Å²) in [6, 6.07) is 1.02. The maximum Gasteiger partial charge on any atom is 0.241 e. The van der Waals surface area contributed by atoms with Gasteiger partial charge < -0.3 is 5.48 Å². The highest BCUT2D eigenvalue weighted by atomic mass is 35.5. The zero-order valence-corrected chi connectivity index (χ0v) is 18.1. The summed E-state index contributed by atoms with van der Waals surface area (Å²) < 4.78 is 0. The first-order valence-electron chi connectivity index (χ1n) is 10.1. The first-order valence-corrected chi connectivity index (χ1v) is 10.1. The minimum atomic E-state index is -0.309. The van der Waals surface area contributed by atoms with Crippen LogP contribution in [-0.4, -0.2) is 39.8 Å². The van der Waals surface area contributed by atoms with Gasteiger partial charge in [0.2, 0.25) is 5.91 Å². The van der Waals surface area contributed by atoms with E-state index in [-0.39, 0.29) is 23.3 Å². The summed E-state index contributed by atoms with van der Waals surface area (Å²) in [5.41, 5.74) is 0.773. The highest BCUT2D eigenvalue weighted by molar-refractivity contribution is 5.91. The van der Waals surface area contributed by atoms with Gasteiger partial charge in [-0.25, -0.2) is 0 Å². The molecule has 0 bridgehead atoms. The number of allylic oxidation sites excluding steroid dienone is 3. The fourth-order valence-electron chi connectivity index (χ4n) is 5.03. The zero-order chi connectivity index (χ0) is 18.0. The van der Waals surface area contributed by atoms with Gasteiger partial charge in [0.25, 0.3) is 0 Å². The van der Waals surface area contributed by atoms with Crippen molar-refractivity contribution in [3.05, 3.63) is 36.2 Å². The minimum absolute atomic E-state index is 0. The van der Waals surface area contributed by atoms with Crippen LogP contribution in [0.15, 0.2) is 36.2 Å². The number of rotatable bonds is 6. The van der Waals surface area contributed by atoms with E-state index in [0.717, 1.165) is 18.7 Å². The molecule has 154 valence electrons. The van der Waals surface area contributed by atoms with Gasteiger partial charge in [-0.05, 0) is 71.1 Å². The van der Waals surface area contributed by atoms with E-state index < -0.39 is 0 Å². The second-order valence-electron chi connectivity index (χ2n) is 8.50. The summed E-state index contributed by atoms with van der Waals surface area (Å²) in [6.45, 7) is 10.0. The topological polar surface area (TPSA) is 55.0 Å². The van der Waals surface area contributed by atoms with E-state index >= 15 is 0 Å². The SMILES string of the molecule is CC(C)N(CCC1(C2CCCCC2)C=C2C=CC=CN2C1=O)C(C)C.Cl.O. The van der Waals surface area contributed by atoms with Crippen molar-refractivity contribution in [2.24, 2.45) is 11.3 Å². The molecule has 0 radical (unpaired) electrons. The summed E-state index contributed by atoms with van der Waals surface area (Å²) in [5.74, 6) is 0.803. The lowest BCUT2D eigenvalue weighted by Crippen LogP contribution is -2.45. The van der Waals surface area contributed by atoms with Crippen molar-refractivity contribution in [3.8, 4) is 0 Å². The molecule has 1 amide bonds. The molecule has 2 aliphatic heterocycles. The van der Waals surface area contributed by atoms with E-state index in [9.17, 15) is 4.79 Å². The molecule has 3 rings (SSSR count). The Bertz CT molecular complexity index is 583. The maximum absolute atomic E-state index is 13.5. The average Bonchev–Trinajstić information content (AvgIpc) is 2.89. The Balaban J connectivity index is 0.00000182. The Hall–Kier alpha value is -1.10. The number of halogens is 1. The molecule has 1 aliphatic carbocycles.